The van der Waals surface area contributed by atoms with Crippen LogP contribution in [0, 0.1) is 18.3 Å². The molecule has 0 spiro atoms. The number of piperazine rings is 1. The van der Waals surface area contributed by atoms with Crippen molar-refractivity contribution < 1.29 is 21.6 Å². The monoisotopic (exact) mass is 704 g/mol. The molecule has 2 saturated heterocycles. The van der Waals surface area contributed by atoms with Gasteiger partial charge in [0.2, 0.25) is 10.0 Å². The Morgan fingerprint density at radius 2 is 1.79 bits per heavy atom. The molecule has 0 radical (unpaired) electrons. The van der Waals surface area contributed by atoms with E-state index in [1.807, 2.05) is 6.07 Å². The molecule has 0 unspecified atom stereocenters. The zero-order chi connectivity index (χ0) is 33.5. The number of benzene rings is 1. The lowest BCUT2D eigenvalue weighted by Crippen LogP contribution is -2.51. The molecule has 15 heteroatoms. The minimum Gasteiger partial charge on any atom is -0.367 e. The second kappa shape index (κ2) is 14.3. The summed E-state index contributed by atoms with van der Waals surface area (Å²) in [5, 5.41) is 15.2. The SMILES string of the molecule is C.Cc1c(CN2CCC(Nc3ncnc4sc(CC(F)(F)F)cc34)CC2)ccc2c1cc(C#N)n2C[C@H](C)N1CCN(S(C)(=O)=O)CC1. The standard InChI is InChI=1S/C32H39F3N8O2S2.CH4/c1-21(41-10-12-42(13-11-41)47(3,44)45)18-43-25(17-36)14-27-22(2)23(4-5-29(27)43)19-40-8-6-24(7-9-40)39-30-28-15-26(16-32(33,34)35)46-31(28)38-20-37-30;/h4-5,14-15,20-21,24H,6-13,16,18-19H2,1-3H3,(H,37,38,39);1H4/t21-;/m0./s1. The van der Waals surface area contributed by atoms with Crippen LogP contribution in [0.3, 0.4) is 0 Å². The van der Waals surface area contributed by atoms with Crippen molar-refractivity contribution in [1.29, 1.82) is 5.26 Å². The van der Waals surface area contributed by atoms with E-state index in [0.29, 0.717) is 54.5 Å². The van der Waals surface area contributed by atoms with Crippen LogP contribution in [0.4, 0.5) is 19.0 Å². The number of anilines is 1. The third-order valence-electron chi connectivity index (χ3n) is 9.47. The minimum absolute atomic E-state index is 0. The predicted octanol–water partition coefficient (Wildman–Crippen LogP) is 5.61. The lowest BCUT2D eigenvalue weighted by molar-refractivity contribution is -0.126. The third-order valence-corrected chi connectivity index (χ3v) is 11.8. The first kappa shape index (κ1) is 36.0. The van der Waals surface area contributed by atoms with Gasteiger partial charge in [0.15, 0.2) is 0 Å². The number of halogens is 3. The van der Waals surface area contributed by atoms with Gasteiger partial charge in [-0.15, -0.1) is 11.3 Å². The maximum atomic E-state index is 12.9. The van der Waals surface area contributed by atoms with Crippen LogP contribution in [0.2, 0.25) is 0 Å². The van der Waals surface area contributed by atoms with Crippen LogP contribution in [0.15, 0.2) is 30.6 Å². The van der Waals surface area contributed by atoms with E-state index in [0.717, 1.165) is 60.3 Å². The Morgan fingerprint density at radius 1 is 1.08 bits per heavy atom. The van der Waals surface area contributed by atoms with Crippen molar-refractivity contribution in [2.75, 3.05) is 50.8 Å². The molecule has 1 aromatic carbocycles. The van der Waals surface area contributed by atoms with Gasteiger partial charge < -0.3 is 9.88 Å². The number of fused-ring (bicyclic) bond motifs is 2. The Bertz CT molecular complexity index is 1900. The maximum Gasteiger partial charge on any atom is 0.393 e. The van der Waals surface area contributed by atoms with Crippen LogP contribution < -0.4 is 5.32 Å². The van der Waals surface area contributed by atoms with Crippen LogP contribution in [-0.4, -0.2) is 101 Å². The highest BCUT2D eigenvalue weighted by molar-refractivity contribution is 7.88. The number of nitrogens with one attached hydrogen (secondary N) is 1. The van der Waals surface area contributed by atoms with Crippen molar-refractivity contribution in [1.82, 2.24) is 28.6 Å². The zero-order valence-corrected chi connectivity index (χ0v) is 28.4. The molecule has 6 rings (SSSR count). The number of likely N-dealkylation sites (tertiary alicyclic amines) is 1. The highest BCUT2D eigenvalue weighted by Gasteiger charge is 2.30. The fraction of sp³-hybridized carbons (Fsp3) is 0.545. The maximum absolute atomic E-state index is 12.9. The summed E-state index contributed by atoms with van der Waals surface area (Å²) >= 11 is 1.06. The van der Waals surface area contributed by atoms with E-state index < -0.39 is 22.6 Å². The fourth-order valence-electron chi connectivity index (χ4n) is 6.81. The van der Waals surface area contributed by atoms with Gasteiger partial charge in [-0.05, 0) is 56.0 Å². The molecule has 48 heavy (non-hydrogen) atoms. The minimum atomic E-state index is -4.26. The molecule has 4 aromatic rings. The zero-order valence-electron chi connectivity index (χ0n) is 26.7. The molecule has 0 bridgehead atoms. The number of aryl methyl sites for hydroxylation is 1. The number of nitrogens with zero attached hydrogens (tertiary/aromatic N) is 7. The van der Waals surface area contributed by atoms with E-state index >= 15 is 0 Å². The summed E-state index contributed by atoms with van der Waals surface area (Å²) in [6.07, 6.45) is -0.833. The molecule has 0 saturated carbocycles. The number of rotatable bonds is 9. The average Bonchev–Trinajstić information content (AvgIpc) is 3.59. The molecule has 1 atom stereocenters. The number of sulfonamides is 1. The van der Waals surface area contributed by atoms with E-state index in [2.05, 4.69) is 61.7 Å². The van der Waals surface area contributed by atoms with Gasteiger partial charge in [-0.25, -0.2) is 18.4 Å². The Balaban J connectivity index is 0.00000451. The normalized spacial score (nSPS) is 18.2. The molecule has 0 aliphatic carbocycles. The summed E-state index contributed by atoms with van der Waals surface area (Å²) in [5.41, 5.74) is 4.01. The van der Waals surface area contributed by atoms with Gasteiger partial charge in [-0.2, -0.15) is 22.7 Å². The molecule has 260 valence electrons. The lowest BCUT2D eigenvalue weighted by atomic mass is 10.0. The summed E-state index contributed by atoms with van der Waals surface area (Å²) in [7, 11) is -3.19. The highest BCUT2D eigenvalue weighted by Crippen LogP contribution is 2.33. The molecule has 2 aliphatic heterocycles. The molecule has 2 fully saturated rings. The van der Waals surface area contributed by atoms with Crippen molar-refractivity contribution >= 4 is 48.3 Å². The first-order chi connectivity index (χ1) is 22.3. The Morgan fingerprint density at radius 3 is 2.44 bits per heavy atom. The first-order valence-corrected chi connectivity index (χ1v) is 18.5. The highest BCUT2D eigenvalue weighted by atomic mass is 32.2. The van der Waals surface area contributed by atoms with E-state index in [4.69, 9.17) is 0 Å². The molecule has 10 nitrogen and oxygen atoms in total. The number of hydrogen-bond donors (Lipinski definition) is 1. The predicted molar refractivity (Wildman–Crippen MR) is 185 cm³/mol. The number of thiophene rings is 1. The van der Waals surface area contributed by atoms with Crippen molar-refractivity contribution in [2.45, 2.75) is 71.9 Å². The topological polar surface area (TPSA) is 110 Å². The molecule has 1 N–H and O–H groups in total. The summed E-state index contributed by atoms with van der Waals surface area (Å²) in [5.74, 6) is 0.586. The fourth-order valence-corrected chi connectivity index (χ4v) is 8.67. The van der Waals surface area contributed by atoms with E-state index in [9.17, 15) is 26.9 Å². The Kier molecular flexibility index (Phi) is 10.7. The Hall–Kier alpha value is -3.29. The van der Waals surface area contributed by atoms with Crippen LogP contribution >= 0.6 is 11.3 Å². The summed E-state index contributed by atoms with van der Waals surface area (Å²) < 4.78 is 66.3. The molecule has 2 aliphatic rings. The smallest absolute Gasteiger partial charge is 0.367 e. The van der Waals surface area contributed by atoms with Gasteiger partial charge in [-0.3, -0.25) is 9.80 Å². The van der Waals surface area contributed by atoms with Crippen molar-refractivity contribution in [3.63, 3.8) is 0 Å². The summed E-state index contributed by atoms with van der Waals surface area (Å²) in [6.45, 7) is 9.65. The van der Waals surface area contributed by atoms with Crippen LogP contribution in [-0.2, 0) is 29.5 Å². The van der Waals surface area contributed by atoms with Gasteiger partial charge >= 0.3 is 6.18 Å². The van der Waals surface area contributed by atoms with Crippen molar-refractivity contribution in [3.05, 3.63) is 52.3 Å². The van der Waals surface area contributed by atoms with E-state index in [1.165, 1.54) is 22.5 Å². The number of hydrogen-bond acceptors (Lipinski definition) is 9. The molecule has 0 amide bonds. The number of alkyl halides is 3. The van der Waals surface area contributed by atoms with Crippen LogP contribution in [0.5, 0.6) is 0 Å². The third kappa shape index (κ3) is 7.94. The first-order valence-electron chi connectivity index (χ1n) is 15.8. The second-order valence-corrected chi connectivity index (χ2v) is 15.8. The van der Waals surface area contributed by atoms with Gasteiger partial charge in [0.1, 0.15) is 28.7 Å². The van der Waals surface area contributed by atoms with Crippen molar-refractivity contribution in [3.8, 4) is 6.07 Å². The summed E-state index contributed by atoms with van der Waals surface area (Å²) in [4.78, 5) is 14.0. The molecule has 5 heterocycles. The van der Waals surface area contributed by atoms with E-state index in [1.54, 1.807) is 6.07 Å². The lowest BCUT2D eigenvalue weighted by Gasteiger charge is -2.37. The quantitative estimate of drug-likeness (QED) is 0.240. The summed E-state index contributed by atoms with van der Waals surface area (Å²) in [6, 6.07) is 10.5. The Labute approximate surface area is 284 Å². The van der Waals surface area contributed by atoms with Crippen molar-refractivity contribution in [2.24, 2.45) is 0 Å². The van der Waals surface area contributed by atoms with Crippen LogP contribution in [0.1, 0.15) is 48.9 Å². The van der Waals surface area contributed by atoms with Gasteiger partial charge in [0.25, 0.3) is 0 Å². The number of aromatic nitrogens is 3. The van der Waals surface area contributed by atoms with E-state index in [-0.39, 0.29) is 24.4 Å². The second-order valence-electron chi connectivity index (χ2n) is 12.7. The molecular weight excluding hydrogens is 662 g/mol. The van der Waals surface area contributed by atoms with Gasteiger partial charge in [0.05, 0.1) is 18.1 Å². The molecular formula is C33H43F3N8O2S2. The van der Waals surface area contributed by atoms with Crippen LogP contribution in [0.25, 0.3) is 21.1 Å². The largest absolute Gasteiger partial charge is 0.393 e. The average molecular weight is 705 g/mol. The number of nitriles is 1. The van der Waals surface area contributed by atoms with Gasteiger partial charge in [-0.1, -0.05) is 13.5 Å². The molecule has 3 aromatic heterocycles. The number of piperidine rings is 1. The van der Waals surface area contributed by atoms with Gasteiger partial charge in [0, 0.05) is 80.2 Å².